The first-order valence-electron chi connectivity index (χ1n) is 9.23. The number of hydrogen-bond acceptors (Lipinski definition) is 2. The standard InChI is InChI=1S/C24H22N2OS/c1-17-14-18(2)23(19(3)15-17)26-13-12-25-24(26)20-8-7-11-22(16-20)28(27)21-9-5-4-6-10-21/h4-16H,1-3H3. The van der Waals surface area contributed by atoms with Gasteiger partial charge in [-0.05, 0) is 56.2 Å². The monoisotopic (exact) mass is 386 g/mol. The van der Waals surface area contributed by atoms with Gasteiger partial charge >= 0.3 is 0 Å². The Morgan fingerprint density at radius 2 is 1.50 bits per heavy atom. The van der Waals surface area contributed by atoms with Crippen LogP contribution in [0.25, 0.3) is 17.1 Å². The molecule has 0 aliphatic heterocycles. The molecule has 0 spiro atoms. The lowest BCUT2D eigenvalue weighted by Gasteiger charge is -2.15. The lowest BCUT2D eigenvalue weighted by Crippen LogP contribution is -2.02. The maximum absolute atomic E-state index is 13.0. The number of rotatable bonds is 4. The van der Waals surface area contributed by atoms with Crippen LogP contribution in [0.1, 0.15) is 16.7 Å². The van der Waals surface area contributed by atoms with Crippen molar-refractivity contribution in [3.8, 4) is 17.1 Å². The Bertz CT molecular complexity index is 1140. The molecule has 0 amide bonds. The zero-order valence-electron chi connectivity index (χ0n) is 16.2. The molecule has 4 rings (SSSR count). The third kappa shape index (κ3) is 3.43. The Balaban J connectivity index is 1.79. The van der Waals surface area contributed by atoms with Gasteiger partial charge < -0.3 is 0 Å². The van der Waals surface area contributed by atoms with Gasteiger partial charge in [0.2, 0.25) is 0 Å². The van der Waals surface area contributed by atoms with Gasteiger partial charge in [0.25, 0.3) is 0 Å². The van der Waals surface area contributed by atoms with Crippen LogP contribution in [0.15, 0.2) is 88.9 Å². The summed E-state index contributed by atoms with van der Waals surface area (Å²) in [5.74, 6) is 0.849. The smallest absolute Gasteiger partial charge is 0.144 e. The maximum atomic E-state index is 13.0. The molecule has 1 heterocycles. The zero-order valence-corrected chi connectivity index (χ0v) is 17.0. The summed E-state index contributed by atoms with van der Waals surface area (Å²) in [6.07, 6.45) is 3.80. The molecule has 1 unspecified atom stereocenters. The molecule has 0 aliphatic carbocycles. The van der Waals surface area contributed by atoms with E-state index in [1.165, 1.54) is 16.7 Å². The summed E-state index contributed by atoms with van der Waals surface area (Å²) in [6.45, 7) is 6.36. The molecule has 3 aromatic carbocycles. The quantitative estimate of drug-likeness (QED) is 0.455. The molecule has 0 aliphatic rings. The highest BCUT2D eigenvalue weighted by Crippen LogP contribution is 2.28. The number of hydrogen-bond donors (Lipinski definition) is 0. The van der Waals surface area contributed by atoms with Crippen LogP contribution in [0.4, 0.5) is 0 Å². The van der Waals surface area contributed by atoms with Crippen molar-refractivity contribution >= 4 is 10.8 Å². The molecule has 140 valence electrons. The summed E-state index contributed by atoms with van der Waals surface area (Å²) >= 11 is 0. The van der Waals surface area contributed by atoms with Crippen molar-refractivity contribution in [1.29, 1.82) is 0 Å². The molecular formula is C24H22N2OS. The molecule has 0 fully saturated rings. The fourth-order valence-electron chi connectivity index (χ4n) is 3.68. The second kappa shape index (κ2) is 7.56. The van der Waals surface area contributed by atoms with E-state index in [1.807, 2.05) is 67.0 Å². The summed E-state index contributed by atoms with van der Waals surface area (Å²) in [5, 5.41) is 0. The minimum atomic E-state index is -1.22. The van der Waals surface area contributed by atoms with Gasteiger partial charge in [-0.3, -0.25) is 4.57 Å². The van der Waals surface area contributed by atoms with Gasteiger partial charge in [0.1, 0.15) is 5.82 Å². The molecule has 0 bridgehead atoms. The average molecular weight is 387 g/mol. The first kappa shape index (κ1) is 18.4. The van der Waals surface area contributed by atoms with E-state index >= 15 is 0 Å². The summed E-state index contributed by atoms with van der Waals surface area (Å²) in [7, 11) is -1.22. The summed E-state index contributed by atoms with van der Waals surface area (Å²) in [4.78, 5) is 6.18. The van der Waals surface area contributed by atoms with E-state index in [9.17, 15) is 4.21 Å². The molecule has 1 aromatic heterocycles. The lowest BCUT2D eigenvalue weighted by molar-refractivity contribution is 0.683. The van der Waals surface area contributed by atoms with Crippen molar-refractivity contribution in [3.05, 3.63) is 95.8 Å². The molecule has 0 N–H and O–H groups in total. The van der Waals surface area contributed by atoms with E-state index in [0.29, 0.717) is 0 Å². The van der Waals surface area contributed by atoms with Gasteiger partial charge in [-0.25, -0.2) is 9.19 Å². The third-order valence-corrected chi connectivity index (χ3v) is 6.16. The molecule has 0 radical (unpaired) electrons. The zero-order chi connectivity index (χ0) is 19.7. The van der Waals surface area contributed by atoms with Crippen molar-refractivity contribution in [3.63, 3.8) is 0 Å². The van der Waals surface area contributed by atoms with Crippen LogP contribution in [-0.4, -0.2) is 13.8 Å². The first-order chi connectivity index (χ1) is 13.5. The van der Waals surface area contributed by atoms with Gasteiger partial charge in [-0.2, -0.15) is 0 Å². The molecule has 0 saturated carbocycles. The van der Waals surface area contributed by atoms with E-state index < -0.39 is 10.8 Å². The van der Waals surface area contributed by atoms with Gasteiger partial charge in [0, 0.05) is 27.7 Å². The second-order valence-electron chi connectivity index (χ2n) is 6.98. The topological polar surface area (TPSA) is 34.9 Å². The fourth-order valence-corrected chi connectivity index (χ4v) is 4.79. The highest BCUT2D eigenvalue weighted by molar-refractivity contribution is 7.85. The van der Waals surface area contributed by atoms with Crippen LogP contribution in [0.3, 0.4) is 0 Å². The normalized spacial score (nSPS) is 12.1. The summed E-state index contributed by atoms with van der Waals surface area (Å²) in [5.41, 5.74) is 5.76. The van der Waals surface area contributed by atoms with Gasteiger partial charge in [0.05, 0.1) is 16.5 Å². The molecular weight excluding hydrogens is 364 g/mol. The third-order valence-electron chi connectivity index (χ3n) is 4.78. The Labute approximate surface area is 168 Å². The minimum Gasteiger partial charge on any atom is -0.299 e. The second-order valence-corrected chi connectivity index (χ2v) is 8.46. The van der Waals surface area contributed by atoms with E-state index in [-0.39, 0.29) is 0 Å². The molecule has 0 saturated heterocycles. The maximum Gasteiger partial charge on any atom is 0.144 e. The highest BCUT2D eigenvalue weighted by atomic mass is 32.2. The van der Waals surface area contributed by atoms with E-state index in [1.54, 1.807) is 0 Å². The Morgan fingerprint density at radius 1 is 0.821 bits per heavy atom. The van der Waals surface area contributed by atoms with Crippen molar-refractivity contribution in [2.24, 2.45) is 0 Å². The predicted molar refractivity (Wildman–Crippen MR) is 114 cm³/mol. The predicted octanol–water partition coefficient (Wildman–Crippen LogP) is 5.63. The van der Waals surface area contributed by atoms with E-state index in [0.717, 1.165) is 26.9 Å². The molecule has 4 aromatic rings. The van der Waals surface area contributed by atoms with Crippen molar-refractivity contribution in [2.45, 2.75) is 30.6 Å². The highest BCUT2D eigenvalue weighted by Gasteiger charge is 2.14. The van der Waals surface area contributed by atoms with Gasteiger partial charge in [-0.15, -0.1) is 0 Å². The molecule has 3 nitrogen and oxygen atoms in total. The van der Waals surface area contributed by atoms with Crippen LogP contribution in [0, 0.1) is 20.8 Å². The number of imidazole rings is 1. The van der Waals surface area contributed by atoms with E-state index in [2.05, 4.69) is 42.5 Å². The van der Waals surface area contributed by atoms with Crippen LogP contribution >= 0.6 is 0 Å². The van der Waals surface area contributed by atoms with E-state index in [4.69, 9.17) is 0 Å². The molecule has 1 atom stereocenters. The number of aromatic nitrogens is 2. The first-order valence-corrected chi connectivity index (χ1v) is 10.4. The van der Waals surface area contributed by atoms with Crippen molar-refractivity contribution < 1.29 is 4.21 Å². The number of nitrogens with zero attached hydrogens (tertiary/aromatic N) is 2. The van der Waals surface area contributed by atoms with Crippen LogP contribution in [0.2, 0.25) is 0 Å². The Hall–Kier alpha value is -2.98. The summed E-state index contributed by atoms with van der Waals surface area (Å²) in [6, 6.07) is 21.7. The number of aryl methyl sites for hydroxylation is 3. The lowest BCUT2D eigenvalue weighted by atomic mass is 10.0. The van der Waals surface area contributed by atoms with Crippen LogP contribution in [-0.2, 0) is 10.8 Å². The van der Waals surface area contributed by atoms with Gasteiger partial charge in [-0.1, -0.05) is 48.0 Å². The molecule has 28 heavy (non-hydrogen) atoms. The number of benzene rings is 3. The largest absolute Gasteiger partial charge is 0.299 e. The molecule has 4 heteroatoms. The summed E-state index contributed by atoms with van der Waals surface area (Å²) < 4.78 is 15.1. The van der Waals surface area contributed by atoms with Crippen LogP contribution in [0.5, 0.6) is 0 Å². The van der Waals surface area contributed by atoms with Gasteiger partial charge in [0.15, 0.2) is 0 Å². The minimum absolute atomic E-state index is 0.774. The van der Waals surface area contributed by atoms with Crippen molar-refractivity contribution in [2.75, 3.05) is 0 Å². The fraction of sp³-hybridized carbons (Fsp3) is 0.125. The van der Waals surface area contributed by atoms with Crippen LogP contribution < -0.4 is 0 Å². The Kier molecular flexibility index (Phi) is 4.97. The SMILES string of the molecule is Cc1cc(C)c(-n2ccnc2-c2cccc(S(=O)c3ccccc3)c2)c(C)c1. The van der Waals surface area contributed by atoms with Crippen molar-refractivity contribution in [1.82, 2.24) is 9.55 Å². The Morgan fingerprint density at radius 3 is 2.21 bits per heavy atom. The average Bonchev–Trinajstić information content (AvgIpc) is 3.17.